The molecule has 0 saturated carbocycles. The normalized spacial score (nSPS) is 25.9. The maximum atomic E-state index is 12.4. The molecule has 5 heteroatoms. The number of fused-ring (bicyclic) bond motifs is 3. The molecule has 2 aliphatic heterocycles. The molecule has 1 fully saturated rings. The Morgan fingerprint density at radius 2 is 1.92 bits per heavy atom. The van der Waals surface area contributed by atoms with Crippen molar-refractivity contribution in [2.75, 3.05) is 26.3 Å². The first-order valence-electron chi connectivity index (χ1n) is 9.31. The summed E-state index contributed by atoms with van der Waals surface area (Å²) in [4.78, 5) is 14.8. The number of ether oxygens (including phenoxy) is 2. The summed E-state index contributed by atoms with van der Waals surface area (Å²) in [5.74, 6) is 0.643. The van der Waals surface area contributed by atoms with Crippen LogP contribution in [0.3, 0.4) is 0 Å². The molecule has 138 valence electrons. The van der Waals surface area contributed by atoms with E-state index in [4.69, 9.17) is 9.47 Å². The Hall–Kier alpha value is -2.11. The number of rotatable bonds is 3. The van der Waals surface area contributed by atoms with Crippen molar-refractivity contribution < 1.29 is 19.4 Å². The number of phenolic OH excluding ortho intramolecular Hbond substituents is 1. The van der Waals surface area contributed by atoms with Gasteiger partial charge in [-0.2, -0.15) is 0 Å². The lowest BCUT2D eigenvalue weighted by Crippen LogP contribution is -2.57. The van der Waals surface area contributed by atoms with Crippen LogP contribution in [0, 0.1) is 0 Å². The number of nitrogens with zero attached hydrogens (tertiary/aromatic N) is 1. The minimum atomic E-state index is -0.521. The summed E-state index contributed by atoms with van der Waals surface area (Å²) < 4.78 is 12.2. The van der Waals surface area contributed by atoms with Gasteiger partial charge in [0, 0.05) is 35.3 Å². The van der Waals surface area contributed by atoms with Crippen LogP contribution in [-0.2, 0) is 4.74 Å². The van der Waals surface area contributed by atoms with E-state index in [1.165, 1.54) is 6.92 Å². The molecular formula is C21H25NO4. The first-order valence-corrected chi connectivity index (χ1v) is 9.31. The maximum Gasteiger partial charge on any atom is 0.170 e. The highest BCUT2D eigenvalue weighted by molar-refractivity contribution is 6.08. The largest absolute Gasteiger partial charge is 0.507 e. The fraction of sp³-hybridized carbons (Fsp3) is 0.476. The molecule has 1 N–H and O–H groups in total. The highest BCUT2D eigenvalue weighted by Crippen LogP contribution is 2.55. The van der Waals surface area contributed by atoms with Gasteiger partial charge in [-0.1, -0.05) is 38.1 Å². The molecule has 26 heavy (non-hydrogen) atoms. The summed E-state index contributed by atoms with van der Waals surface area (Å²) in [5.41, 5.74) is 0.712. The Morgan fingerprint density at radius 1 is 1.27 bits per heavy atom. The maximum absolute atomic E-state index is 12.4. The molecule has 4 rings (SSSR count). The van der Waals surface area contributed by atoms with E-state index in [0.29, 0.717) is 24.2 Å². The monoisotopic (exact) mass is 355 g/mol. The second-order valence-corrected chi connectivity index (χ2v) is 7.19. The fourth-order valence-corrected chi connectivity index (χ4v) is 4.66. The van der Waals surface area contributed by atoms with E-state index in [1.807, 2.05) is 24.3 Å². The van der Waals surface area contributed by atoms with Gasteiger partial charge in [-0.15, -0.1) is 0 Å². The van der Waals surface area contributed by atoms with Crippen molar-refractivity contribution >= 4 is 16.6 Å². The van der Waals surface area contributed by atoms with Gasteiger partial charge >= 0.3 is 0 Å². The molecule has 0 spiro atoms. The number of ketones is 1. The van der Waals surface area contributed by atoms with E-state index in [0.717, 1.165) is 36.2 Å². The van der Waals surface area contributed by atoms with Crippen molar-refractivity contribution in [2.45, 2.75) is 38.8 Å². The first kappa shape index (κ1) is 17.3. The quantitative estimate of drug-likeness (QED) is 0.851. The number of hydrogen-bond acceptors (Lipinski definition) is 5. The van der Waals surface area contributed by atoms with Crippen molar-refractivity contribution in [2.24, 2.45) is 0 Å². The molecule has 0 radical (unpaired) electrons. The number of hydrogen-bond donors (Lipinski definition) is 1. The number of Topliss-reactive ketones (excluding diaryl/α,β-unsaturated/α-hetero) is 1. The minimum Gasteiger partial charge on any atom is -0.507 e. The number of carbonyl (C=O) groups is 1. The Labute approximate surface area is 153 Å². The number of carbonyl (C=O) groups excluding carboxylic acids is 1. The molecule has 0 amide bonds. The molecule has 2 aliphatic rings. The van der Waals surface area contributed by atoms with E-state index in [-0.39, 0.29) is 17.5 Å². The zero-order chi connectivity index (χ0) is 18.5. The third kappa shape index (κ3) is 2.27. The second-order valence-electron chi connectivity index (χ2n) is 7.19. The molecule has 2 heterocycles. The second kappa shape index (κ2) is 6.25. The fourth-order valence-electron chi connectivity index (χ4n) is 4.66. The van der Waals surface area contributed by atoms with Gasteiger partial charge in [0.05, 0.1) is 18.8 Å². The van der Waals surface area contributed by atoms with Gasteiger partial charge in [-0.25, -0.2) is 0 Å². The number of aromatic hydroxyl groups is 1. The van der Waals surface area contributed by atoms with E-state index in [1.54, 1.807) is 0 Å². The standard InChI is InChI=1S/C21H25NO4/c1-4-21(22-9-11-25-12-10-22)13(2)17-18(14(3)23)19(24)15-7-5-6-8-16(15)20(17)26-21/h5-8,13,24H,4,9-12H2,1-3H3/t13-,21-/m1/s1. The van der Waals surface area contributed by atoms with Gasteiger partial charge in [0.1, 0.15) is 11.5 Å². The highest BCUT2D eigenvalue weighted by atomic mass is 16.5. The number of phenols is 1. The first-order chi connectivity index (χ1) is 12.5. The summed E-state index contributed by atoms with van der Waals surface area (Å²) in [7, 11) is 0. The van der Waals surface area contributed by atoms with Crippen molar-refractivity contribution in [1.29, 1.82) is 0 Å². The average Bonchev–Trinajstić information content (AvgIpc) is 2.96. The molecule has 0 aliphatic carbocycles. The van der Waals surface area contributed by atoms with Crippen LogP contribution < -0.4 is 4.74 Å². The van der Waals surface area contributed by atoms with Crippen molar-refractivity contribution in [3.63, 3.8) is 0 Å². The summed E-state index contributed by atoms with van der Waals surface area (Å²) in [6, 6.07) is 7.59. The van der Waals surface area contributed by atoms with Crippen LogP contribution in [0.1, 0.15) is 49.0 Å². The van der Waals surface area contributed by atoms with E-state index in [9.17, 15) is 9.90 Å². The van der Waals surface area contributed by atoms with Gasteiger partial charge in [0.2, 0.25) is 0 Å². The number of morpholine rings is 1. The third-order valence-corrected chi connectivity index (χ3v) is 5.97. The predicted octanol–water partition coefficient (Wildman–Crippen LogP) is 3.68. The van der Waals surface area contributed by atoms with Gasteiger partial charge in [-0.3, -0.25) is 9.69 Å². The molecule has 5 nitrogen and oxygen atoms in total. The Morgan fingerprint density at radius 3 is 2.54 bits per heavy atom. The Balaban J connectivity index is 1.97. The lowest BCUT2D eigenvalue weighted by molar-refractivity contribution is -0.124. The predicted molar refractivity (Wildman–Crippen MR) is 100 cm³/mol. The SMILES string of the molecule is CC[C@@]1(N2CCOCC2)Oc2c(c(C(C)=O)c(O)c3ccccc23)[C@H]1C. The van der Waals surface area contributed by atoms with Crippen LogP contribution in [0.4, 0.5) is 0 Å². The molecule has 2 aromatic carbocycles. The van der Waals surface area contributed by atoms with Crippen LogP contribution in [-0.4, -0.2) is 47.8 Å². The molecule has 1 saturated heterocycles. The molecule has 0 aromatic heterocycles. The summed E-state index contributed by atoms with van der Waals surface area (Å²) in [6.45, 7) is 8.69. The Kier molecular flexibility index (Phi) is 4.16. The highest BCUT2D eigenvalue weighted by Gasteiger charge is 2.51. The van der Waals surface area contributed by atoms with Crippen molar-refractivity contribution in [1.82, 2.24) is 4.90 Å². The zero-order valence-corrected chi connectivity index (χ0v) is 15.5. The van der Waals surface area contributed by atoms with Gasteiger partial charge in [-0.05, 0) is 13.3 Å². The van der Waals surface area contributed by atoms with Crippen LogP contribution >= 0.6 is 0 Å². The average molecular weight is 355 g/mol. The van der Waals surface area contributed by atoms with Gasteiger partial charge < -0.3 is 14.6 Å². The van der Waals surface area contributed by atoms with Crippen molar-refractivity contribution in [3.8, 4) is 11.5 Å². The smallest absolute Gasteiger partial charge is 0.170 e. The Bertz CT molecular complexity index is 872. The zero-order valence-electron chi connectivity index (χ0n) is 15.5. The summed E-state index contributed by atoms with van der Waals surface area (Å²) >= 11 is 0. The minimum absolute atomic E-state index is 0.0324. The summed E-state index contributed by atoms with van der Waals surface area (Å²) in [6.07, 6.45) is 0.787. The molecule has 2 aromatic rings. The van der Waals surface area contributed by atoms with Crippen LogP contribution in [0.15, 0.2) is 24.3 Å². The van der Waals surface area contributed by atoms with E-state index >= 15 is 0 Å². The topological polar surface area (TPSA) is 59.0 Å². The molecule has 2 atom stereocenters. The van der Waals surface area contributed by atoms with E-state index in [2.05, 4.69) is 18.7 Å². The molecule has 0 unspecified atom stereocenters. The third-order valence-electron chi connectivity index (χ3n) is 5.97. The van der Waals surface area contributed by atoms with Gasteiger partial charge in [0.15, 0.2) is 11.5 Å². The molecule has 0 bridgehead atoms. The summed E-state index contributed by atoms with van der Waals surface area (Å²) in [5, 5.41) is 12.4. The lowest BCUT2D eigenvalue weighted by atomic mass is 9.83. The van der Waals surface area contributed by atoms with Crippen LogP contribution in [0.2, 0.25) is 0 Å². The molecular weight excluding hydrogens is 330 g/mol. The van der Waals surface area contributed by atoms with Crippen LogP contribution in [0.5, 0.6) is 11.5 Å². The van der Waals surface area contributed by atoms with Crippen molar-refractivity contribution in [3.05, 3.63) is 35.4 Å². The lowest BCUT2D eigenvalue weighted by Gasteiger charge is -2.44. The number of benzene rings is 2. The van der Waals surface area contributed by atoms with E-state index < -0.39 is 5.72 Å². The van der Waals surface area contributed by atoms with Crippen LogP contribution in [0.25, 0.3) is 10.8 Å². The van der Waals surface area contributed by atoms with Gasteiger partial charge in [0.25, 0.3) is 0 Å².